The van der Waals surface area contributed by atoms with E-state index in [0.29, 0.717) is 26.2 Å². The third-order valence-electron chi connectivity index (χ3n) is 15.5. The number of nitrogens with one attached hydrogen (secondary N) is 6. The molecule has 0 spiro atoms. The number of hydrogen-bond donors (Lipinski definition) is 6. The summed E-state index contributed by atoms with van der Waals surface area (Å²) in [5.74, 6) is -2.32. The minimum atomic E-state index is -0.889. The zero-order chi connectivity index (χ0) is 53.1. The van der Waals surface area contributed by atoms with Crippen LogP contribution in [0.25, 0.3) is 0 Å². The van der Waals surface area contributed by atoms with Gasteiger partial charge in [-0.3, -0.25) is 38.4 Å². The van der Waals surface area contributed by atoms with E-state index in [2.05, 4.69) is 44.0 Å². The van der Waals surface area contributed by atoms with Gasteiger partial charge in [0.1, 0.15) is 24.2 Å². The van der Waals surface area contributed by atoms with Gasteiger partial charge in [0.15, 0.2) is 0 Å². The molecule has 0 saturated carbocycles. The lowest BCUT2D eigenvalue weighted by atomic mass is 9.87. The van der Waals surface area contributed by atoms with Gasteiger partial charge in [-0.2, -0.15) is 0 Å². The Morgan fingerprint density at radius 2 is 0.932 bits per heavy atom. The highest BCUT2D eigenvalue weighted by atomic mass is 16.5. The van der Waals surface area contributed by atoms with Gasteiger partial charge in [-0.05, 0) is 103 Å². The number of likely N-dealkylation sites (N-methyl/N-ethyl adjacent to an activating group) is 2. The minimum absolute atomic E-state index is 0.0721. The second-order valence-electron chi connectivity index (χ2n) is 20.5. The van der Waals surface area contributed by atoms with Gasteiger partial charge < -0.3 is 61.0 Å². The lowest BCUT2D eigenvalue weighted by molar-refractivity contribution is -0.142. The Bertz CT molecular complexity index is 2180. The van der Waals surface area contributed by atoms with Crippen LogP contribution < -0.4 is 31.9 Å². The number of fused-ring (bicyclic) bond motifs is 2. The first kappa shape index (κ1) is 55.8. The summed E-state index contributed by atoms with van der Waals surface area (Å²) in [6.07, 6.45) is 4.86. The zero-order valence-electron chi connectivity index (χ0n) is 44.0. The number of aryl methyl sites for hydroxylation is 2. The van der Waals surface area contributed by atoms with Crippen LogP contribution in [0.1, 0.15) is 113 Å². The predicted octanol–water partition coefficient (Wildman–Crippen LogP) is 1.02. The average molecular weight is 1030 g/mol. The Morgan fingerprint density at radius 3 is 1.31 bits per heavy atom. The smallest absolute Gasteiger partial charge is 0.245 e. The van der Waals surface area contributed by atoms with Crippen LogP contribution in [0.4, 0.5) is 0 Å². The van der Waals surface area contributed by atoms with Gasteiger partial charge in [0, 0.05) is 52.1 Å². The zero-order valence-corrected chi connectivity index (χ0v) is 44.0. The molecule has 3 aliphatic heterocycles. The number of piperazine rings is 1. The molecule has 3 heterocycles. The standard InChI is InChI=1S/C54H78N10O10/c1-33(55-5)49(67)57-35(3)53(71)63-31-39(29-45(63)51(69)59-43-19-11-15-37-13-7-9-17-41(37)43)73-27-21-47(65)61-23-25-62(26-24-61)48(66)22-28-74-40-30-46(64(32-40)54(72)36(4)58-50(68)34(2)56-6)52(70)60-44-20-12-16-38-14-8-10-18-42(38)44/h7-10,13-14,17-18,33-36,39-40,43-46,55-56H,11-12,15-16,19-32H2,1-6H3,(H,57,67)(H,58,68)(H,59,69)(H,60,70)/t33-,34-,35-,36-,39-,40-,43+,44+,45-,46-/m0/s1. The fourth-order valence-electron chi connectivity index (χ4n) is 10.9. The molecule has 6 N–H and O–H groups in total. The summed E-state index contributed by atoms with van der Waals surface area (Å²) in [5, 5.41) is 17.6. The molecule has 7 rings (SSSR count). The third-order valence-corrected chi connectivity index (χ3v) is 15.5. The van der Waals surface area contributed by atoms with Crippen LogP contribution >= 0.6 is 0 Å². The Labute approximate surface area is 435 Å². The molecule has 0 bridgehead atoms. The van der Waals surface area contributed by atoms with Crippen LogP contribution in [0.15, 0.2) is 48.5 Å². The number of ether oxygens (including phenoxy) is 2. The molecule has 3 saturated heterocycles. The number of amides is 8. The molecule has 404 valence electrons. The Balaban J connectivity index is 0.871. The van der Waals surface area contributed by atoms with Crippen LogP contribution in [0.2, 0.25) is 0 Å². The number of likely N-dealkylation sites (tertiary alicyclic amines) is 2. The summed E-state index contributed by atoms with van der Waals surface area (Å²) in [5.41, 5.74) is 4.54. The molecule has 0 radical (unpaired) electrons. The maximum Gasteiger partial charge on any atom is 0.245 e. The molecule has 0 unspecified atom stereocenters. The molecular weight excluding hydrogens is 949 g/mol. The van der Waals surface area contributed by atoms with E-state index in [9.17, 15) is 38.4 Å². The van der Waals surface area contributed by atoms with Crippen molar-refractivity contribution >= 4 is 47.3 Å². The molecule has 5 aliphatic rings. The van der Waals surface area contributed by atoms with Crippen LogP contribution in [0, 0.1) is 0 Å². The average Bonchev–Trinajstić information content (AvgIpc) is 4.05. The first-order chi connectivity index (χ1) is 35.6. The van der Waals surface area contributed by atoms with E-state index in [1.54, 1.807) is 51.6 Å². The highest BCUT2D eigenvalue weighted by molar-refractivity contribution is 5.94. The van der Waals surface area contributed by atoms with Crippen molar-refractivity contribution in [2.75, 3.05) is 66.6 Å². The molecule has 0 aromatic heterocycles. The Hall–Kier alpha value is -5.96. The van der Waals surface area contributed by atoms with E-state index < -0.39 is 60.3 Å². The second-order valence-corrected chi connectivity index (χ2v) is 20.5. The summed E-state index contributed by atoms with van der Waals surface area (Å²) in [6, 6.07) is 11.3. The van der Waals surface area contributed by atoms with E-state index in [4.69, 9.17) is 9.47 Å². The van der Waals surface area contributed by atoms with E-state index in [-0.39, 0.29) is 99.5 Å². The summed E-state index contributed by atoms with van der Waals surface area (Å²) in [6.45, 7) is 8.32. The van der Waals surface area contributed by atoms with E-state index in [1.807, 2.05) is 36.4 Å². The van der Waals surface area contributed by atoms with Crippen molar-refractivity contribution in [1.29, 1.82) is 0 Å². The normalized spacial score (nSPS) is 24.1. The third kappa shape index (κ3) is 13.8. The molecule has 20 nitrogen and oxygen atoms in total. The number of carbonyl (C=O) groups excluding carboxylic acids is 8. The number of nitrogens with zero attached hydrogens (tertiary/aromatic N) is 4. The van der Waals surface area contributed by atoms with Crippen molar-refractivity contribution in [2.45, 2.75) is 152 Å². The molecular formula is C54H78N10O10. The molecule has 74 heavy (non-hydrogen) atoms. The largest absolute Gasteiger partial charge is 0.376 e. The fraction of sp³-hybridized carbons (Fsp3) is 0.630. The molecule has 2 aromatic carbocycles. The second kappa shape index (κ2) is 26.0. The van der Waals surface area contributed by atoms with Crippen LogP contribution in [0.3, 0.4) is 0 Å². The molecule has 10 atom stereocenters. The van der Waals surface area contributed by atoms with Gasteiger partial charge in [-0.1, -0.05) is 48.5 Å². The monoisotopic (exact) mass is 1030 g/mol. The number of hydrogen-bond acceptors (Lipinski definition) is 12. The highest BCUT2D eigenvalue weighted by Crippen LogP contribution is 2.33. The maximum absolute atomic E-state index is 14.0. The van der Waals surface area contributed by atoms with Gasteiger partial charge in [0.05, 0.1) is 62.4 Å². The minimum Gasteiger partial charge on any atom is -0.376 e. The van der Waals surface area contributed by atoms with Crippen LogP contribution in [-0.2, 0) is 60.7 Å². The summed E-state index contributed by atoms with van der Waals surface area (Å²) in [7, 11) is 3.31. The van der Waals surface area contributed by atoms with Crippen molar-refractivity contribution < 1.29 is 47.8 Å². The van der Waals surface area contributed by atoms with Gasteiger partial charge in [-0.25, -0.2) is 0 Å². The van der Waals surface area contributed by atoms with Crippen LogP contribution in [-0.4, -0.2) is 182 Å². The SMILES string of the molecule is CN[C@@H](C)C(=O)N[C@@H](C)C(=O)N1C[C@@H](OCCC(=O)N2CCN(C(=O)CCO[C@H]3C[C@@H](C(=O)N[C@@H]4CCCc5ccccc54)N(C(=O)[C@H](C)NC(=O)[C@H](C)NC)C3)CC2)C[C@H]1C(=O)N[C@@H]1CCCc2ccccc21. The number of benzene rings is 2. The number of rotatable bonds is 20. The quantitative estimate of drug-likeness (QED) is 0.109. The van der Waals surface area contributed by atoms with Crippen LogP contribution in [0.5, 0.6) is 0 Å². The summed E-state index contributed by atoms with van der Waals surface area (Å²) >= 11 is 0. The Kier molecular flexibility index (Phi) is 19.6. The van der Waals surface area contributed by atoms with Gasteiger partial charge in [-0.15, -0.1) is 0 Å². The van der Waals surface area contributed by atoms with E-state index >= 15 is 0 Å². The molecule has 2 aromatic rings. The maximum atomic E-state index is 14.0. The van der Waals surface area contributed by atoms with Gasteiger partial charge in [0.2, 0.25) is 47.3 Å². The summed E-state index contributed by atoms with van der Waals surface area (Å²) < 4.78 is 12.4. The molecule has 3 fully saturated rings. The summed E-state index contributed by atoms with van der Waals surface area (Å²) in [4.78, 5) is 114. The van der Waals surface area contributed by atoms with Crippen molar-refractivity contribution in [3.05, 3.63) is 70.8 Å². The van der Waals surface area contributed by atoms with Crippen molar-refractivity contribution in [2.24, 2.45) is 0 Å². The lowest BCUT2D eigenvalue weighted by Crippen LogP contribution is -2.54. The Morgan fingerprint density at radius 1 is 0.554 bits per heavy atom. The van der Waals surface area contributed by atoms with E-state index in [0.717, 1.165) is 49.7 Å². The molecule has 20 heteroatoms. The van der Waals surface area contributed by atoms with Gasteiger partial charge >= 0.3 is 0 Å². The van der Waals surface area contributed by atoms with Crippen molar-refractivity contribution in [1.82, 2.24) is 51.5 Å². The topological polar surface area (TPSA) is 240 Å². The molecule has 2 aliphatic carbocycles. The lowest BCUT2D eigenvalue weighted by Gasteiger charge is -2.35. The van der Waals surface area contributed by atoms with Crippen molar-refractivity contribution in [3.63, 3.8) is 0 Å². The van der Waals surface area contributed by atoms with Crippen molar-refractivity contribution in [3.8, 4) is 0 Å². The first-order valence-corrected chi connectivity index (χ1v) is 26.7. The fourth-order valence-corrected chi connectivity index (χ4v) is 10.9. The van der Waals surface area contributed by atoms with Gasteiger partial charge in [0.25, 0.3) is 0 Å². The van der Waals surface area contributed by atoms with E-state index in [1.165, 1.54) is 20.9 Å². The highest BCUT2D eigenvalue weighted by Gasteiger charge is 2.44. The first-order valence-electron chi connectivity index (χ1n) is 26.7. The predicted molar refractivity (Wildman–Crippen MR) is 275 cm³/mol. The number of carbonyl (C=O) groups is 8. The molecule has 8 amide bonds.